The van der Waals surface area contributed by atoms with Crippen molar-refractivity contribution in [3.8, 4) is 5.75 Å². The molecule has 2 saturated heterocycles. The van der Waals surface area contributed by atoms with Gasteiger partial charge in [-0.2, -0.15) is 8.42 Å². The van der Waals surface area contributed by atoms with Crippen LogP contribution < -0.4 is 35.0 Å². The van der Waals surface area contributed by atoms with Crippen LogP contribution in [-0.4, -0.2) is 60.8 Å². The van der Waals surface area contributed by atoms with Crippen LogP contribution in [0, 0.1) is 5.82 Å². The summed E-state index contributed by atoms with van der Waals surface area (Å²) in [4.78, 5) is 65.3. The van der Waals surface area contributed by atoms with Gasteiger partial charge in [0.15, 0.2) is 5.82 Å². The van der Waals surface area contributed by atoms with Gasteiger partial charge in [-0.05, 0) is 73.0 Å². The van der Waals surface area contributed by atoms with Crippen LogP contribution in [0.5, 0.6) is 5.75 Å². The molecule has 3 aliphatic heterocycles. The minimum atomic E-state index is -4.35. The molecule has 56 heavy (non-hydrogen) atoms. The molecule has 5 aromatic rings. The summed E-state index contributed by atoms with van der Waals surface area (Å²) >= 11 is 0. The van der Waals surface area contributed by atoms with E-state index in [1.165, 1.54) is 22.8 Å². The summed E-state index contributed by atoms with van der Waals surface area (Å²) < 4.78 is 53.2. The molecule has 17 heteroatoms. The molecular formula is C39H38FN7O8S. The predicted molar refractivity (Wildman–Crippen MR) is 206 cm³/mol. The Labute approximate surface area is 320 Å². The molecule has 4 heterocycles. The monoisotopic (exact) mass is 783 g/mol. The van der Waals surface area contributed by atoms with Crippen LogP contribution >= 0.6 is 0 Å². The van der Waals surface area contributed by atoms with E-state index in [0.717, 1.165) is 41.7 Å². The van der Waals surface area contributed by atoms with E-state index in [1.807, 2.05) is 35.1 Å². The number of fused-ring (bicyclic) bond motifs is 4. The number of imidazole rings is 1. The average Bonchev–Trinajstić information content (AvgIpc) is 3.59. The zero-order chi connectivity index (χ0) is 39.3. The van der Waals surface area contributed by atoms with Gasteiger partial charge in [0.1, 0.15) is 30.6 Å². The van der Waals surface area contributed by atoms with E-state index < -0.39 is 46.1 Å². The third kappa shape index (κ3) is 6.71. The van der Waals surface area contributed by atoms with Crippen molar-refractivity contribution in [2.75, 3.05) is 34.2 Å². The smallest absolute Gasteiger partial charge is 0.329 e. The lowest BCUT2D eigenvalue weighted by Gasteiger charge is -2.32. The van der Waals surface area contributed by atoms with Crippen molar-refractivity contribution in [3.05, 3.63) is 94.2 Å². The first-order valence-electron chi connectivity index (χ1n) is 18.3. The maximum atomic E-state index is 16.2. The number of halogens is 1. The van der Waals surface area contributed by atoms with Gasteiger partial charge in [-0.25, -0.2) is 18.2 Å². The lowest BCUT2D eigenvalue weighted by molar-refractivity contribution is -0.135. The molecule has 0 bridgehead atoms. The molecule has 1 atom stereocenters. The van der Waals surface area contributed by atoms with Crippen LogP contribution in [0.2, 0.25) is 0 Å². The lowest BCUT2D eigenvalue weighted by atomic mass is 9.99. The summed E-state index contributed by atoms with van der Waals surface area (Å²) in [5, 5.41) is 5.64. The van der Waals surface area contributed by atoms with Gasteiger partial charge >= 0.3 is 15.9 Å². The van der Waals surface area contributed by atoms with Crippen LogP contribution in [0.4, 0.5) is 21.5 Å². The minimum absolute atomic E-state index is 0.00404. The molecular weight excluding hydrogens is 746 g/mol. The molecule has 15 nitrogen and oxygen atoms in total. The molecule has 3 aliphatic rings. The molecule has 4 aromatic carbocycles. The van der Waals surface area contributed by atoms with E-state index >= 15 is 4.39 Å². The van der Waals surface area contributed by atoms with Crippen molar-refractivity contribution in [2.45, 2.75) is 51.2 Å². The average molecular weight is 784 g/mol. The van der Waals surface area contributed by atoms with E-state index in [1.54, 1.807) is 29.8 Å². The van der Waals surface area contributed by atoms with Crippen LogP contribution in [0.25, 0.3) is 21.8 Å². The van der Waals surface area contributed by atoms with E-state index in [4.69, 9.17) is 4.74 Å². The van der Waals surface area contributed by atoms with Crippen molar-refractivity contribution in [3.63, 3.8) is 0 Å². The molecule has 0 saturated carbocycles. The summed E-state index contributed by atoms with van der Waals surface area (Å²) in [6.45, 7) is 0.728. The number of nitrogens with one attached hydrogen (secondary N) is 3. The van der Waals surface area contributed by atoms with Crippen molar-refractivity contribution < 1.29 is 36.7 Å². The predicted octanol–water partition coefficient (Wildman–Crippen LogP) is 3.54. The molecule has 0 aliphatic carbocycles. The quantitative estimate of drug-likeness (QED) is 0.179. The molecule has 2 fully saturated rings. The lowest BCUT2D eigenvalue weighted by Crippen LogP contribution is -2.44. The van der Waals surface area contributed by atoms with Gasteiger partial charge < -0.3 is 15.0 Å². The second-order valence-corrected chi connectivity index (χ2v) is 15.7. The molecule has 3 N–H and O–H groups in total. The highest BCUT2D eigenvalue weighted by Crippen LogP contribution is 2.40. The number of hydrogen-bond donors (Lipinski definition) is 3. The fourth-order valence-electron chi connectivity index (χ4n) is 7.90. The fraction of sp³-hybridized carbons (Fsp3) is 0.308. The van der Waals surface area contributed by atoms with Gasteiger partial charge in [0.25, 0.3) is 5.91 Å². The molecule has 0 radical (unpaired) electrons. The number of benzene rings is 4. The first-order chi connectivity index (χ1) is 26.9. The first-order valence-corrected chi connectivity index (χ1v) is 19.7. The molecule has 8 rings (SSSR count). The van der Waals surface area contributed by atoms with Crippen molar-refractivity contribution in [1.82, 2.24) is 19.2 Å². The third-order valence-electron chi connectivity index (χ3n) is 10.5. The van der Waals surface area contributed by atoms with Gasteiger partial charge in [-0.15, -0.1) is 0 Å². The summed E-state index contributed by atoms with van der Waals surface area (Å²) in [6, 6.07) is 18.1. The summed E-state index contributed by atoms with van der Waals surface area (Å²) in [5.41, 5.74) is 3.80. The number of carbonyl (C=O) groups excluding carboxylic acids is 4. The summed E-state index contributed by atoms with van der Waals surface area (Å²) in [6.07, 6.45) is 2.68. The minimum Gasteiger partial charge on any atom is -0.487 e. The Hall–Kier alpha value is -6.23. The number of hydrogen-bond acceptors (Lipinski definition) is 9. The number of nitrogens with zero attached hydrogens (tertiary/aromatic N) is 4. The zero-order valence-corrected chi connectivity index (χ0v) is 31.2. The molecule has 0 spiro atoms. The standard InChI is InChI=1S/C39H38FN7O8S/c1-44-36-27-9-5-17-45(28(27)13-14-29(36)47(39(44)52)30-15-16-33(49)42-38(30)51)18-6-10-32(48)41-25-11-12-26-24(19-25)20-31(55-22-23-7-3-2-4-8-23)37(35(26)40)46-21-34(50)43-56(46,53)54/h2-4,7-8,11-14,19-20,30H,5-6,9-10,15-18,21-22H2,1H3,(H,41,48)(H,43,50)(H,42,49,51). The number of imide groups is 1. The van der Waals surface area contributed by atoms with Crippen molar-refractivity contribution in [1.29, 1.82) is 0 Å². The van der Waals surface area contributed by atoms with Gasteiger partial charge in [0.05, 0.1) is 11.0 Å². The maximum absolute atomic E-state index is 16.2. The number of carbonyl (C=O) groups is 4. The second-order valence-electron chi connectivity index (χ2n) is 14.1. The number of aromatic nitrogens is 2. The van der Waals surface area contributed by atoms with E-state index in [2.05, 4.69) is 15.5 Å². The topological polar surface area (TPSA) is 181 Å². The fourth-order valence-corrected chi connectivity index (χ4v) is 9.06. The first kappa shape index (κ1) is 36.7. The van der Waals surface area contributed by atoms with Gasteiger partial charge in [0, 0.05) is 55.3 Å². The Morgan fingerprint density at radius 2 is 1.80 bits per heavy atom. The third-order valence-corrected chi connectivity index (χ3v) is 11.9. The number of amides is 4. The van der Waals surface area contributed by atoms with Gasteiger partial charge in [-0.1, -0.05) is 30.3 Å². The molecule has 290 valence electrons. The molecule has 1 unspecified atom stereocenters. The second kappa shape index (κ2) is 14.4. The van der Waals surface area contributed by atoms with Gasteiger partial charge in [0.2, 0.25) is 17.7 Å². The van der Waals surface area contributed by atoms with Crippen LogP contribution in [0.1, 0.15) is 49.3 Å². The summed E-state index contributed by atoms with van der Waals surface area (Å²) in [7, 11) is -2.66. The Kier molecular flexibility index (Phi) is 9.48. The number of rotatable bonds is 10. The number of ether oxygens (including phenoxy) is 1. The maximum Gasteiger partial charge on any atom is 0.329 e. The summed E-state index contributed by atoms with van der Waals surface area (Å²) in [5.74, 6) is -2.87. The van der Waals surface area contributed by atoms with E-state index in [-0.39, 0.29) is 54.5 Å². The van der Waals surface area contributed by atoms with E-state index in [9.17, 15) is 32.4 Å². The van der Waals surface area contributed by atoms with Crippen LogP contribution in [-0.2, 0) is 49.5 Å². The normalized spacial score (nSPS) is 17.9. The zero-order valence-electron chi connectivity index (χ0n) is 30.3. The van der Waals surface area contributed by atoms with E-state index in [0.29, 0.717) is 33.9 Å². The Bertz CT molecular complexity index is 2630. The number of piperidine rings is 1. The van der Waals surface area contributed by atoms with Crippen molar-refractivity contribution in [2.24, 2.45) is 7.05 Å². The Balaban J connectivity index is 0.981. The highest BCUT2D eigenvalue weighted by atomic mass is 32.2. The highest BCUT2D eigenvalue weighted by Gasteiger charge is 2.38. The Morgan fingerprint density at radius 3 is 2.55 bits per heavy atom. The van der Waals surface area contributed by atoms with Gasteiger partial charge in [-0.3, -0.25) is 33.6 Å². The Morgan fingerprint density at radius 1 is 1.00 bits per heavy atom. The molecule has 4 amide bonds. The highest BCUT2D eigenvalue weighted by molar-refractivity contribution is 7.92. The molecule has 1 aromatic heterocycles. The van der Waals surface area contributed by atoms with Crippen molar-refractivity contribution >= 4 is 72.7 Å². The number of anilines is 3. The van der Waals surface area contributed by atoms with Crippen LogP contribution in [0.3, 0.4) is 0 Å². The van der Waals surface area contributed by atoms with Crippen LogP contribution in [0.15, 0.2) is 71.5 Å². The SMILES string of the molecule is Cn1c(=O)n(C2CCC(=O)NC2=O)c2ccc3c(c21)CCCN3CCCC(=O)Nc1ccc2c(F)c(N3CC(=O)NS3(=O)=O)c(OCc3ccccc3)cc2c1. The number of aryl methyl sites for hydroxylation is 2. The largest absolute Gasteiger partial charge is 0.487 e.